The summed E-state index contributed by atoms with van der Waals surface area (Å²) in [5.41, 5.74) is 5.67. The molecule has 1 atom stereocenters. The SMILES string of the molecule is COc1ccc(C(N)C2(C(=O)O)COC2)c(OC)c1. The number of nitrogens with two attached hydrogens (primary N) is 1. The van der Waals surface area contributed by atoms with Crippen molar-refractivity contribution >= 4 is 5.97 Å². The fraction of sp³-hybridized carbons (Fsp3) is 0.462. The molecular formula is C13H17NO5. The van der Waals surface area contributed by atoms with Crippen molar-refractivity contribution in [2.75, 3.05) is 27.4 Å². The lowest BCUT2D eigenvalue weighted by Crippen LogP contribution is -2.55. The van der Waals surface area contributed by atoms with Crippen LogP contribution < -0.4 is 15.2 Å². The molecule has 1 aromatic rings. The molecule has 1 aromatic carbocycles. The third-order valence-electron chi connectivity index (χ3n) is 3.52. The summed E-state index contributed by atoms with van der Waals surface area (Å²) in [4.78, 5) is 11.4. The predicted molar refractivity (Wildman–Crippen MR) is 67.4 cm³/mol. The first-order valence-corrected chi connectivity index (χ1v) is 5.84. The van der Waals surface area contributed by atoms with Crippen LogP contribution in [0.5, 0.6) is 11.5 Å². The minimum Gasteiger partial charge on any atom is -0.497 e. The zero-order valence-corrected chi connectivity index (χ0v) is 10.9. The minimum atomic E-state index is -1.08. The first-order chi connectivity index (χ1) is 9.05. The summed E-state index contributed by atoms with van der Waals surface area (Å²) >= 11 is 0. The maximum Gasteiger partial charge on any atom is 0.316 e. The second-order valence-electron chi connectivity index (χ2n) is 4.54. The van der Waals surface area contributed by atoms with Crippen LogP contribution in [0.3, 0.4) is 0 Å². The minimum absolute atomic E-state index is 0.110. The van der Waals surface area contributed by atoms with E-state index < -0.39 is 17.4 Å². The van der Waals surface area contributed by atoms with E-state index in [4.69, 9.17) is 19.9 Å². The molecule has 19 heavy (non-hydrogen) atoms. The molecule has 0 aliphatic carbocycles. The van der Waals surface area contributed by atoms with E-state index in [1.54, 1.807) is 25.3 Å². The molecule has 0 aromatic heterocycles. The van der Waals surface area contributed by atoms with Gasteiger partial charge < -0.3 is 25.1 Å². The number of carboxylic acids is 1. The van der Waals surface area contributed by atoms with Gasteiger partial charge in [-0.05, 0) is 6.07 Å². The molecule has 1 unspecified atom stereocenters. The quantitative estimate of drug-likeness (QED) is 0.820. The van der Waals surface area contributed by atoms with Gasteiger partial charge in [-0.2, -0.15) is 0 Å². The molecular weight excluding hydrogens is 250 g/mol. The average Bonchev–Trinajstić information content (AvgIpc) is 2.35. The van der Waals surface area contributed by atoms with E-state index in [-0.39, 0.29) is 13.2 Å². The Labute approximate surface area is 111 Å². The van der Waals surface area contributed by atoms with Gasteiger partial charge in [-0.15, -0.1) is 0 Å². The van der Waals surface area contributed by atoms with E-state index in [1.807, 2.05) is 0 Å². The molecule has 6 nitrogen and oxygen atoms in total. The predicted octanol–water partition coefficient (Wildman–Crippen LogP) is 0.805. The molecule has 2 rings (SSSR count). The maximum atomic E-state index is 11.4. The zero-order valence-electron chi connectivity index (χ0n) is 10.9. The van der Waals surface area contributed by atoms with Crippen molar-refractivity contribution in [1.82, 2.24) is 0 Å². The molecule has 1 saturated heterocycles. The second kappa shape index (κ2) is 5.07. The highest BCUT2D eigenvalue weighted by Crippen LogP contribution is 2.42. The lowest BCUT2D eigenvalue weighted by molar-refractivity contribution is -0.184. The molecule has 3 N–H and O–H groups in total. The fourth-order valence-corrected chi connectivity index (χ4v) is 2.13. The van der Waals surface area contributed by atoms with Gasteiger partial charge in [0, 0.05) is 11.6 Å². The van der Waals surface area contributed by atoms with Gasteiger partial charge in [0.1, 0.15) is 16.9 Å². The summed E-state index contributed by atoms with van der Waals surface area (Å²) in [5.74, 6) is 0.186. The first-order valence-electron chi connectivity index (χ1n) is 5.84. The van der Waals surface area contributed by atoms with Gasteiger partial charge in [0.25, 0.3) is 0 Å². The smallest absolute Gasteiger partial charge is 0.316 e. The maximum absolute atomic E-state index is 11.4. The third kappa shape index (κ3) is 2.13. The number of ether oxygens (including phenoxy) is 3. The highest BCUT2D eigenvalue weighted by atomic mass is 16.5. The number of rotatable bonds is 5. The van der Waals surface area contributed by atoms with Crippen molar-refractivity contribution in [3.8, 4) is 11.5 Å². The van der Waals surface area contributed by atoms with Crippen LogP contribution in [-0.4, -0.2) is 38.5 Å². The fourth-order valence-electron chi connectivity index (χ4n) is 2.13. The van der Waals surface area contributed by atoms with Crippen molar-refractivity contribution in [1.29, 1.82) is 0 Å². The van der Waals surface area contributed by atoms with Crippen molar-refractivity contribution in [2.45, 2.75) is 6.04 Å². The van der Waals surface area contributed by atoms with Gasteiger partial charge in [-0.1, -0.05) is 6.07 Å². The third-order valence-corrected chi connectivity index (χ3v) is 3.52. The van der Waals surface area contributed by atoms with Crippen LogP contribution in [-0.2, 0) is 9.53 Å². The Balaban J connectivity index is 2.38. The summed E-state index contributed by atoms with van der Waals surface area (Å²) in [7, 11) is 3.06. The van der Waals surface area contributed by atoms with E-state index in [2.05, 4.69) is 0 Å². The summed E-state index contributed by atoms with van der Waals surface area (Å²) in [6.07, 6.45) is 0. The molecule has 1 fully saturated rings. The van der Waals surface area contributed by atoms with Crippen molar-refractivity contribution in [2.24, 2.45) is 11.1 Å². The van der Waals surface area contributed by atoms with Crippen LogP contribution in [0.1, 0.15) is 11.6 Å². The van der Waals surface area contributed by atoms with Crippen LogP contribution in [0.2, 0.25) is 0 Å². The van der Waals surface area contributed by atoms with Gasteiger partial charge in [-0.25, -0.2) is 0 Å². The molecule has 6 heteroatoms. The van der Waals surface area contributed by atoms with Gasteiger partial charge in [0.15, 0.2) is 0 Å². The number of carbonyl (C=O) groups is 1. The molecule has 0 amide bonds. The van der Waals surface area contributed by atoms with Crippen LogP contribution >= 0.6 is 0 Å². The summed E-state index contributed by atoms with van der Waals surface area (Å²) < 4.78 is 15.4. The van der Waals surface area contributed by atoms with Gasteiger partial charge >= 0.3 is 5.97 Å². The van der Waals surface area contributed by atoms with Gasteiger partial charge in [-0.3, -0.25) is 4.79 Å². The molecule has 1 heterocycles. The molecule has 104 valence electrons. The Morgan fingerprint density at radius 3 is 2.53 bits per heavy atom. The van der Waals surface area contributed by atoms with Crippen LogP contribution in [0.4, 0.5) is 0 Å². The van der Waals surface area contributed by atoms with Crippen molar-refractivity contribution < 1.29 is 24.1 Å². The molecule has 1 aliphatic rings. The van der Waals surface area contributed by atoms with E-state index >= 15 is 0 Å². The average molecular weight is 267 g/mol. The number of hydrogen-bond donors (Lipinski definition) is 2. The van der Waals surface area contributed by atoms with E-state index in [1.165, 1.54) is 7.11 Å². The molecule has 0 saturated carbocycles. The number of hydrogen-bond acceptors (Lipinski definition) is 5. The molecule has 1 aliphatic heterocycles. The monoisotopic (exact) mass is 267 g/mol. The van der Waals surface area contributed by atoms with E-state index in [0.717, 1.165) is 0 Å². The normalized spacial score (nSPS) is 18.3. The molecule has 0 bridgehead atoms. The van der Waals surface area contributed by atoms with E-state index in [0.29, 0.717) is 17.1 Å². The Hall–Kier alpha value is -1.79. The van der Waals surface area contributed by atoms with Crippen LogP contribution in [0, 0.1) is 5.41 Å². The number of aliphatic carboxylic acids is 1. The van der Waals surface area contributed by atoms with Crippen LogP contribution in [0.15, 0.2) is 18.2 Å². The Bertz CT molecular complexity index is 484. The summed E-state index contributed by atoms with van der Waals surface area (Å²) in [6.45, 7) is 0.220. The largest absolute Gasteiger partial charge is 0.497 e. The standard InChI is InChI=1S/C13H17NO5/c1-17-8-3-4-9(10(5-8)18-2)11(14)13(12(15)16)6-19-7-13/h3-5,11H,6-7,14H2,1-2H3,(H,15,16). The lowest BCUT2D eigenvalue weighted by Gasteiger charge is -2.42. The summed E-state index contributed by atoms with van der Waals surface area (Å²) in [5, 5.41) is 9.35. The summed E-state index contributed by atoms with van der Waals surface area (Å²) in [6, 6.07) is 4.45. The Kier molecular flexibility index (Phi) is 3.64. The molecule has 0 spiro atoms. The highest BCUT2D eigenvalue weighted by Gasteiger charge is 2.52. The second-order valence-corrected chi connectivity index (χ2v) is 4.54. The van der Waals surface area contributed by atoms with Crippen molar-refractivity contribution in [3.05, 3.63) is 23.8 Å². The Morgan fingerprint density at radius 2 is 2.11 bits per heavy atom. The lowest BCUT2D eigenvalue weighted by atomic mass is 9.75. The van der Waals surface area contributed by atoms with Gasteiger partial charge in [0.2, 0.25) is 0 Å². The van der Waals surface area contributed by atoms with E-state index in [9.17, 15) is 9.90 Å². The molecule has 0 radical (unpaired) electrons. The van der Waals surface area contributed by atoms with Crippen molar-refractivity contribution in [3.63, 3.8) is 0 Å². The van der Waals surface area contributed by atoms with Crippen LogP contribution in [0.25, 0.3) is 0 Å². The Morgan fingerprint density at radius 1 is 1.42 bits per heavy atom. The number of carboxylic acid groups (broad SMARTS) is 1. The number of methoxy groups -OCH3 is 2. The number of benzene rings is 1. The van der Waals surface area contributed by atoms with Gasteiger partial charge in [0.05, 0.1) is 33.5 Å². The highest BCUT2D eigenvalue weighted by molar-refractivity contribution is 5.77. The zero-order chi connectivity index (χ0) is 14.0. The topological polar surface area (TPSA) is 91.0 Å². The first kappa shape index (κ1) is 13.6.